The summed E-state index contributed by atoms with van der Waals surface area (Å²) in [4.78, 5) is 11.5. The fourth-order valence-corrected chi connectivity index (χ4v) is 1.99. The average Bonchev–Trinajstić information content (AvgIpc) is 2.63. The first-order valence-corrected chi connectivity index (χ1v) is 7.45. The standard InChI is InChI=1S/C19H13F3N2O2/c20-19(21,22)17-11-15(12-23)8-9-16(17)7-4-10-24-18(25)26-13-14-5-2-1-3-6-14/h1-3,5-6,8-9,11H,10,13H2,(H,24,25). The zero-order chi connectivity index (χ0) is 19.0. The number of alkyl carbamates (subject to hydrolysis) is 1. The molecule has 0 bridgehead atoms. The first kappa shape index (κ1) is 18.9. The molecule has 0 spiro atoms. The van der Waals surface area contributed by atoms with Gasteiger partial charge in [-0.3, -0.25) is 0 Å². The average molecular weight is 358 g/mol. The van der Waals surface area contributed by atoms with E-state index in [-0.39, 0.29) is 24.3 Å². The van der Waals surface area contributed by atoms with Crippen LogP contribution in [0.25, 0.3) is 0 Å². The summed E-state index contributed by atoms with van der Waals surface area (Å²) in [7, 11) is 0. The van der Waals surface area contributed by atoms with Gasteiger partial charge >= 0.3 is 12.3 Å². The number of nitrogens with zero attached hydrogens (tertiary/aromatic N) is 1. The van der Waals surface area contributed by atoms with Crippen molar-refractivity contribution >= 4 is 6.09 Å². The number of amides is 1. The maximum Gasteiger partial charge on any atom is 0.417 e. The number of carbonyl (C=O) groups is 1. The van der Waals surface area contributed by atoms with Crippen LogP contribution in [0.2, 0.25) is 0 Å². The molecule has 0 atom stereocenters. The Balaban J connectivity index is 1.94. The second kappa shape index (κ2) is 8.59. The monoisotopic (exact) mass is 358 g/mol. The third-order valence-corrected chi connectivity index (χ3v) is 3.21. The van der Waals surface area contributed by atoms with Gasteiger partial charge in [-0.25, -0.2) is 4.79 Å². The Hall–Kier alpha value is -3.45. The molecule has 26 heavy (non-hydrogen) atoms. The number of carbonyl (C=O) groups excluding carboxylic acids is 1. The summed E-state index contributed by atoms with van der Waals surface area (Å²) in [6, 6.07) is 13.8. The Kier molecular flexibility index (Phi) is 6.24. The van der Waals surface area contributed by atoms with E-state index in [1.807, 2.05) is 6.07 Å². The molecule has 2 aromatic rings. The summed E-state index contributed by atoms with van der Waals surface area (Å²) >= 11 is 0. The minimum absolute atomic E-state index is 0.0773. The number of rotatable bonds is 3. The Bertz CT molecular complexity index is 876. The summed E-state index contributed by atoms with van der Waals surface area (Å²) in [5, 5.41) is 11.0. The van der Waals surface area contributed by atoms with Gasteiger partial charge in [0.2, 0.25) is 0 Å². The smallest absolute Gasteiger partial charge is 0.417 e. The Morgan fingerprint density at radius 2 is 1.88 bits per heavy atom. The van der Waals surface area contributed by atoms with Gasteiger partial charge in [-0.05, 0) is 23.8 Å². The van der Waals surface area contributed by atoms with E-state index >= 15 is 0 Å². The van der Waals surface area contributed by atoms with E-state index in [9.17, 15) is 18.0 Å². The summed E-state index contributed by atoms with van der Waals surface area (Å²) < 4.78 is 43.9. The molecule has 0 saturated carbocycles. The van der Waals surface area contributed by atoms with E-state index < -0.39 is 17.8 Å². The summed E-state index contributed by atoms with van der Waals surface area (Å²) in [6.45, 7) is -0.0983. The van der Waals surface area contributed by atoms with Crippen molar-refractivity contribution in [2.75, 3.05) is 6.54 Å². The molecule has 132 valence electrons. The highest BCUT2D eigenvalue weighted by Crippen LogP contribution is 2.32. The normalized spacial score (nSPS) is 10.2. The van der Waals surface area contributed by atoms with E-state index in [1.54, 1.807) is 30.3 Å². The molecule has 0 aliphatic rings. The summed E-state index contributed by atoms with van der Waals surface area (Å²) in [6.07, 6.45) is -5.35. The Morgan fingerprint density at radius 1 is 1.15 bits per heavy atom. The molecule has 0 aromatic heterocycles. The number of alkyl halides is 3. The Labute approximate surface area is 148 Å². The zero-order valence-corrected chi connectivity index (χ0v) is 13.4. The van der Waals surface area contributed by atoms with Crippen LogP contribution in [0.15, 0.2) is 48.5 Å². The molecule has 0 aliphatic carbocycles. The van der Waals surface area contributed by atoms with Gasteiger partial charge in [-0.2, -0.15) is 18.4 Å². The fourth-order valence-electron chi connectivity index (χ4n) is 1.99. The highest BCUT2D eigenvalue weighted by molar-refractivity contribution is 5.67. The van der Waals surface area contributed by atoms with Gasteiger partial charge in [0.05, 0.1) is 23.7 Å². The number of nitrogens with one attached hydrogen (secondary N) is 1. The SMILES string of the molecule is N#Cc1ccc(C#CCNC(=O)OCc2ccccc2)c(C(F)(F)F)c1. The highest BCUT2D eigenvalue weighted by Gasteiger charge is 2.33. The van der Waals surface area contributed by atoms with Crippen molar-refractivity contribution in [2.45, 2.75) is 12.8 Å². The number of benzene rings is 2. The minimum atomic E-state index is -4.63. The van der Waals surface area contributed by atoms with Crippen LogP contribution in [0.4, 0.5) is 18.0 Å². The molecule has 2 aromatic carbocycles. The van der Waals surface area contributed by atoms with Crippen molar-refractivity contribution in [2.24, 2.45) is 0 Å². The molecule has 0 unspecified atom stereocenters. The van der Waals surface area contributed by atoms with E-state index in [0.29, 0.717) is 0 Å². The van der Waals surface area contributed by atoms with Crippen LogP contribution in [-0.2, 0) is 17.5 Å². The van der Waals surface area contributed by atoms with Crippen molar-refractivity contribution in [1.82, 2.24) is 5.32 Å². The van der Waals surface area contributed by atoms with E-state index in [2.05, 4.69) is 17.2 Å². The van der Waals surface area contributed by atoms with E-state index in [0.717, 1.165) is 17.7 Å². The highest BCUT2D eigenvalue weighted by atomic mass is 19.4. The lowest BCUT2D eigenvalue weighted by atomic mass is 10.0. The van der Waals surface area contributed by atoms with E-state index in [4.69, 9.17) is 10.00 Å². The van der Waals surface area contributed by atoms with Crippen molar-refractivity contribution in [3.8, 4) is 17.9 Å². The first-order valence-electron chi connectivity index (χ1n) is 7.45. The molecule has 4 nitrogen and oxygen atoms in total. The number of hydrogen-bond acceptors (Lipinski definition) is 3. The molecule has 2 rings (SSSR count). The van der Waals surface area contributed by atoms with Crippen molar-refractivity contribution in [3.63, 3.8) is 0 Å². The number of ether oxygens (including phenoxy) is 1. The van der Waals surface area contributed by atoms with Gasteiger partial charge < -0.3 is 10.1 Å². The van der Waals surface area contributed by atoms with Gasteiger partial charge in [0.25, 0.3) is 0 Å². The first-order chi connectivity index (χ1) is 12.4. The molecule has 0 saturated heterocycles. The van der Waals surface area contributed by atoms with Gasteiger partial charge in [0.1, 0.15) is 6.61 Å². The largest absolute Gasteiger partial charge is 0.445 e. The molecule has 7 heteroatoms. The topological polar surface area (TPSA) is 62.1 Å². The maximum atomic E-state index is 13.0. The zero-order valence-electron chi connectivity index (χ0n) is 13.4. The van der Waals surface area contributed by atoms with Crippen LogP contribution in [0.1, 0.15) is 22.3 Å². The van der Waals surface area contributed by atoms with Gasteiger partial charge in [0, 0.05) is 5.56 Å². The number of hydrogen-bond donors (Lipinski definition) is 1. The summed E-state index contributed by atoms with van der Waals surface area (Å²) in [5.41, 5.74) is -0.557. The van der Waals surface area contributed by atoms with Gasteiger partial charge in [-0.1, -0.05) is 42.2 Å². The third kappa shape index (κ3) is 5.57. The second-order valence-electron chi connectivity index (χ2n) is 5.09. The lowest BCUT2D eigenvalue weighted by molar-refractivity contribution is -0.137. The Morgan fingerprint density at radius 3 is 2.54 bits per heavy atom. The fraction of sp³-hybridized carbons (Fsp3) is 0.158. The van der Waals surface area contributed by atoms with Crippen molar-refractivity contribution < 1.29 is 22.7 Å². The maximum absolute atomic E-state index is 13.0. The minimum Gasteiger partial charge on any atom is -0.445 e. The molecular formula is C19H13F3N2O2. The van der Waals surface area contributed by atoms with Crippen molar-refractivity contribution in [3.05, 3.63) is 70.8 Å². The molecule has 0 aliphatic heterocycles. The van der Waals surface area contributed by atoms with Crippen molar-refractivity contribution in [1.29, 1.82) is 5.26 Å². The lowest BCUT2D eigenvalue weighted by Gasteiger charge is -2.09. The molecule has 1 amide bonds. The van der Waals surface area contributed by atoms with Gasteiger partial charge in [0.15, 0.2) is 0 Å². The summed E-state index contributed by atoms with van der Waals surface area (Å²) in [5.74, 6) is 4.79. The third-order valence-electron chi connectivity index (χ3n) is 3.21. The van der Waals surface area contributed by atoms with Crippen LogP contribution in [-0.4, -0.2) is 12.6 Å². The predicted octanol–water partition coefficient (Wildman–Crippen LogP) is 3.85. The molecule has 1 N–H and O–H groups in total. The van der Waals surface area contributed by atoms with Crippen LogP contribution in [0.3, 0.4) is 0 Å². The van der Waals surface area contributed by atoms with Crippen LogP contribution >= 0.6 is 0 Å². The quantitative estimate of drug-likeness (QED) is 0.848. The lowest BCUT2D eigenvalue weighted by Crippen LogP contribution is -2.24. The molecule has 0 fully saturated rings. The predicted molar refractivity (Wildman–Crippen MR) is 87.7 cm³/mol. The van der Waals surface area contributed by atoms with Gasteiger partial charge in [-0.15, -0.1) is 0 Å². The number of halogens is 3. The molecule has 0 radical (unpaired) electrons. The van der Waals surface area contributed by atoms with Crippen LogP contribution < -0.4 is 5.32 Å². The van der Waals surface area contributed by atoms with Crippen LogP contribution in [0.5, 0.6) is 0 Å². The van der Waals surface area contributed by atoms with E-state index in [1.165, 1.54) is 6.07 Å². The second-order valence-corrected chi connectivity index (χ2v) is 5.09. The number of nitriles is 1. The molecule has 0 heterocycles. The molecular weight excluding hydrogens is 345 g/mol. The van der Waals surface area contributed by atoms with Crippen LogP contribution in [0, 0.1) is 23.2 Å².